The molecule has 0 atom stereocenters. The van der Waals surface area contributed by atoms with Gasteiger partial charge in [0.25, 0.3) is 0 Å². The fourth-order valence-corrected chi connectivity index (χ4v) is 2.50. The minimum atomic E-state index is 0.587. The summed E-state index contributed by atoms with van der Waals surface area (Å²) in [5.74, 6) is 1.29. The molecule has 1 aromatic heterocycles. The molecule has 1 saturated heterocycles. The highest BCUT2D eigenvalue weighted by atomic mass is 15.3. The van der Waals surface area contributed by atoms with Crippen molar-refractivity contribution in [1.29, 1.82) is 0 Å². The van der Waals surface area contributed by atoms with Crippen LogP contribution in [0.15, 0.2) is 6.20 Å². The number of piperidine rings is 1. The van der Waals surface area contributed by atoms with Gasteiger partial charge in [0, 0.05) is 18.7 Å². The van der Waals surface area contributed by atoms with Gasteiger partial charge in [-0.15, -0.1) is 0 Å². The topological polar surface area (TPSA) is 29.9 Å². The van der Waals surface area contributed by atoms with Crippen LogP contribution in [-0.4, -0.2) is 22.9 Å². The molecule has 1 fully saturated rings. The fraction of sp³-hybridized carbons (Fsp3) is 0.750. The van der Waals surface area contributed by atoms with E-state index in [2.05, 4.69) is 36.0 Å². The third kappa shape index (κ3) is 2.07. The highest BCUT2D eigenvalue weighted by Gasteiger charge is 2.22. The molecule has 0 saturated carbocycles. The zero-order valence-electron chi connectivity index (χ0n) is 9.95. The van der Waals surface area contributed by atoms with Crippen LogP contribution >= 0.6 is 0 Å². The summed E-state index contributed by atoms with van der Waals surface area (Å²) >= 11 is 0. The summed E-state index contributed by atoms with van der Waals surface area (Å²) in [4.78, 5) is 0. The Morgan fingerprint density at radius 3 is 2.67 bits per heavy atom. The highest BCUT2D eigenvalue weighted by Crippen LogP contribution is 2.31. The Morgan fingerprint density at radius 2 is 2.07 bits per heavy atom. The lowest BCUT2D eigenvalue weighted by Crippen LogP contribution is -2.28. The normalized spacial score (nSPS) is 18.7. The first kappa shape index (κ1) is 10.7. The van der Waals surface area contributed by atoms with Gasteiger partial charge < -0.3 is 5.32 Å². The Labute approximate surface area is 91.9 Å². The maximum Gasteiger partial charge on any atom is 0.0527 e. The van der Waals surface area contributed by atoms with Crippen molar-refractivity contribution in [2.45, 2.75) is 38.5 Å². The van der Waals surface area contributed by atoms with Crippen molar-refractivity contribution in [3.8, 4) is 0 Å². The first-order valence-corrected chi connectivity index (χ1v) is 5.92. The second-order valence-electron chi connectivity index (χ2n) is 4.79. The van der Waals surface area contributed by atoms with Crippen LogP contribution in [0, 0.1) is 0 Å². The summed E-state index contributed by atoms with van der Waals surface area (Å²) in [6.07, 6.45) is 4.54. The molecular weight excluding hydrogens is 186 g/mol. The van der Waals surface area contributed by atoms with E-state index in [1.165, 1.54) is 24.1 Å². The summed E-state index contributed by atoms with van der Waals surface area (Å²) in [5, 5.41) is 7.82. The third-order valence-corrected chi connectivity index (χ3v) is 3.36. The molecule has 0 unspecified atom stereocenters. The van der Waals surface area contributed by atoms with E-state index in [4.69, 9.17) is 0 Å². The van der Waals surface area contributed by atoms with E-state index in [-0.39, 0.29) is 0 Å². The van der Waals surface area contributed by atoms with Gasteiger partial charge in [-0.1, -0.05) is 13.8 Å². The molecule has 1 aliphatic rings. The van der Waals surface area contributed by atoms with E-state index < -0.39 is 0 Å². The highest BCUT2D eigenvalue weighted by molar-refractivity contribution is 5.25. The molecule has 0 spiro atoms. The van der Waals surface area contributed by atoms with Gasteiger partial charge in [0.05, 0.1) is 6.20 Å². The van der Waals surface area contributed by atoms with Gasteiger partial charge >= 0.3 is 0 Å². The quantitative estimate of drug-likeness (QED) is 0.804. The largest absolute Gasteiger partial charge is 0.317 e. The second-order valence-corrected chi connectivity index (χ2v) is 4.79. The molecule has 1 aromatic rings. The fourth-order valence-electron chi connectivity index (χ4n) is 2.50. The number of hydrogen-bond donors (Lipinski definition) is 1. The van der Waals surface area contributed by atoms with Crippen LogP contribution in [0.4, 0.5) is 0 Å². The average molecular weight is 207 g/mol. The molecule has 1 N–H and O–H groups in total. The lowest BCUT2D eigenvalue weighted by Gasteiger charge is -2.24. The lowest BCUT2D eigenvalue weighted by atomic mass is 9.89. The summed E-state index contributed by atoms with van der Waals surface area (Å²) in [6.45, 7) is 6.80. The van der Waals surface area contributed by atoms with Crippen molar-refractivity contribution in [1.82, 2.24) is 15.1 Å². The van der Waals surface area contributed by atoms with Crippen LogP contribution in [-0.2, 0) is 7.05 Å². The van der Waals surface area contributed by atoms with E-state index in [9.17, 15) is 0 Å². The van der Waals surface area contributed by atoms with Crippen LogP contribution in [0.5, 0.6) is 0 Å². The van der Waals surface area contributed by atoms with Crippen LogP contribution in [0.2, 0.25) is 0 Å². The van der Waals surface area contributed by atoms with Gasteiger partial charge in [0.15, 0.2) is 0 Å². The third-order valence-electron chi connectivity index (χ3n) is 3.36. The standard InChI is InChI=1S/C12H21N3/c1-9(2)11-8-14-15(3)12(11)10-4-6-13-7-5-10/h8-10,13H,4-7H2,1-3H3. The van der Waals surface area contributed by atoms with Crippen LogP contribution in [0.25, 0.3) is 0 Å². The molecule has 2 rings (SSSR count). The zero-order chi connectivity index (χ0) is 10.8. The molecule has 84 valence electrons. The molecule has 3 heteroatoms. The number of rotatable bonds is 2. The predicted molar refractivity (Wildman–Crippen MR) is 62.1 cm³/mol. The van der Waals surface area contributed by atoms with Gasteiger partial charge in [-0.3, -0.25) is 4.68 Å². The summed E-state index contributed by atoms with van der Waals surface area (Å²) < 4.78 is 2.07. The minimum Gasteiger partial charge on any atom is -0.317 e. The van der Waals surface area contributed by atoms with Crippen molar-refractivity contribution in [2.75, 3.05) is 13.1 Å². The molecule has 15 heavy (non-hydrogen) atoms. The maximum absolute atomic E-state index is 4.41. The van der Waals surface area contributed by atoms with Crippen LogP contribution in [0.3, 0.4) is 0 Å². The molecule has 0 aromatic carbocycles. The van der Waals surface area contributed by atoms with Crippen molar-refractivity contribution < 1.29 is 0 Å². The SMILES string of the molecule is CC(C)c1cnn(C)c1C1CCNCC1. The first-order chi connectivity index (χ1) is 7.20. The number of nitrogens with zero attached hydrogens (tertiary/aromatic N) is 2. The summed E-state index contributed by atoms with van der Waals surface area (Å²) in [7, 11) is 2.07. The first-order valence-electron chi connectivity index (χ1n) is 5.92. The van der Waals surface area contributed by atoms with Crippen molar-refractivity contribution in [3.63, 3.8) is 0 Å². The van der Waals surface area contributed by atoms with Crippen molar-refractivity contribution >= 4 is 0 Å². The Bertz CT molecular complexity index is 322. The van der Waals surface area contributed by atoms with E-state index >= 15 is 0 Å². The van der Waals surface area contributed by atoms with Crippen molar-refractivity contribution in [3.05, 3.63) is 17.5 Å². The molecule has 1 aliphatic heterocycles. The zero-order valence-corrected chi connectivity index (χ0v) is 9.95. The second kappa shape index (κ2) is 4.35. The van der Waals surface area contributed by atoms with Gasteiger partial charge in [0.1, 0.15) is 0 Å². The summed E-state index contributed by atoms with van der Waals surface area (Å²) in [6, 6.07) is 0. The molecule has 0 aliphatic carbocycles. The molecule has 0 amide bonds. The van der Waals surface area contributed by atoms with Crippen LogP contribution in [0.1, 0.15) is 49.8 Å². The molecule has 2 heterocycles. The number of hydrogen-bond acceptors (Lipinski definition) is 2. The predicted octanol–water partition coefficient (Wildman–Crippen LogP) is 2.01. The van der Waals surface area contributed by atoms with E-state index in [0.29, 0.717) is 11.8 Å². The van der Waals surface area contributed by atoms with Crippen LogP contribution < -0.4 is 5.32 Å². The molecule has 3 nitrogen and oxygen atoms in total. The van der Waals surface area contributed by atoms with E-state index in [0.717, 1.165) is 13.1 Å². The Kier molecular flexibility index (Phi) is 3.10. The monoisotopic (exact) mass is 207 g/mol. The van der Waals surface area contributed by atoms with Gasteiger partial charge in [0.2, 0.25) is 0 Å². The molecule has 0 radical (unpaired) electrons. The smallest absolute Gasteiger partial charge is 0.0527 e. The van der Waals surface area contributed by atoms with Crippen molar-refractivity contribution in [2.24, 2.45) is 7.05 Å². The number of aromatic nitrogens is 2. The van der Waals surface area contributed by atoms with Gasteiger partial charge in [-0.2, -0.15) is 5.10 Å². The number of nitrogens with one attached hydrogen (secondary N) is 1. The van der Waals surface area contributed by atoms with E-state index in [1.807, 2.05) is 6.20 Å². The van der Waals surface area contributed by atoms with E-state index in [1.54, 1.807) is 0 Å². The minimum absolute atomic E-state index is 0.587. The average Bonchev–Trinajstić information content (AvgIpc) is 2.61. The maximum atomic E-state index is 4.41. The lowest BCUT2D eigenvalue weighted by molar-refractivity contribution is 0.436. The van der Waals surface area contributed by atoms with Gasteiger partial charge in [-0.25, -0.2) is 0 Å². The Balaban J connectivity index is 2.28. The Morgan fingerprint density at radius 1 is 1.40 bits per heavy atom. The molecule has 0 bridgehead atoms. The molecular formula is C12H21N3. The number of aryl methyl sites for hydroxylation is 1. The summed E-state index contributed by atoms with van der Waals surface area (Å²) in [5.41, 5.74) is 2.90. The Hall–Kier alpha value is -0.830. The van der Waals surface area contributed by atoms with Gasteiger partial charge in [-0.05, 0) is 37.4 Å².